The maximum Gasteiger partial charge on any atom is 0.200 e. The summed E-state index contributed by atoms with van der Waals surface area (Å²) in [7, 11) is 1.98. The highest BCUT2D eigenvalue weighted by Gasteiger charge is 2.26. The lowest BCUT2D eigenvalue weighted by atomic mass is 9.97. The maximum atomic E-state index is 4.79. The molecule has 0 radical (unpaired) electrons. The van der Waals surface area contributed by atoms with Gasteiger partial charge in [0.2, 0.25) is 5.82 Å². The molecule has 7 heteroatoms. The molecule has 6 nitrogen and oxygen atoms in total. The molecule has 1 atom stereocenters. The molecule has 0 amide bonds. The number of aryl methyl sites for hydroxylation is 2. The fraction of sp³-hybridized carbons (Fsp3) is 0.412. The molecule has 124 valence electrons. The van der Waals surface area contributed by atoms with Crippen LogP contribution >= 0.6 is 11.3 Å². The zero-order valence-corrected chi connectivity index (χ0v) is 14.7. The molecular formula is C17H20N6S. The van der Waals surface area contributed by atoms with E-state index >= 15 is 0 Å². The smallest absolute Gasteiger partial charge is 0.200 e. The van der Waals surface area contributed by atoms with Gasteiger partial charge < -0.3 is 4.90 Å². The van der Waals surface area contributed by atoms with E-state index in [0.29, 0.717) is 5.92 Å². The highest BCUT2D eigenvalue weighted by atomic mass is 32.1. The van der Waals surface area contributed by atoms with Crippen molar-refractivity contribution in [3.05, 3.63) is 40.6 Å². The van der Waals surface area contributed by atoms with Gasteiger partial charge in [0, 0.05) is 37.6 Å². The van der Waals surface area contributed by atoms with Crippen molar-refractivity contribution in [2.75, 3.05) is 18.0 Å². The second-order valence-electron chi connectivity index (χ2n) is 6.14. The van der Waals surface area contributed by atoms with E-state index in [2.05, 4.69) is 26.0 Å². The topological polar surface area (TPSA) is 59.7 Å². The lowest BCUT2D eigenvalue weighted by molar-refractivity contribution is 0.472. The number of pyridine rings is 1. The van der Waals surface area contributed by atoms with Gasteiger partial charge in [0.25, 0.3) is 0 Å². The van der Waals surface area contributed by atoms with Crippen molar-refractivity contribution >= 4 is 17.2 Å². The van der Waals surface area contributed by atoms with Crippen molar-refractivity contribution in [3.8, 4) is 11.5 Å². The van der Waals surface area contributed by atoms with Gasteiger partial charge in [-0.25, -0.2) is 15.0 Å². The number of piperidine rings is 1. The molecular weight excluding hydrogens is 320 g/mol. The lowest BCUT2D eigenvalue weighted by Crippen LogP contribution is -2.35. The molecule has 0 bridgehead atoms. The van der Waals surface area contributed by atoms with Crippen LogP contribution in [0.2, 0.25) is 0 Å². The first kappa shape index (κ1) is 15.3. The molecule has 1 aliphatic heterocycles. The van der Waals surface area contributed by atoms with Gasteiger partial charge in [-0.2, -0.15) is 0 Å². The summed E-state index contributed by atoms with van der Waals surface area (Å²) in [5.41, 5.74) is 0.872. The van der Waals surface area contributed by atoms with Gasteiger partial charge in [-0.05, 0) is 31.9 Å². The molecule has 1 fully saturated rings. The molecule has 0 spiro atoms. The zero-order chi connectivity index (χ0) is 16.5. The molecule has 0 saturated carbocycles. The van der Waals surface area contributed by atoms with Gasteiger partial charge in [-0.15, -0.1) is 16.4 Å². The van der Waals surface area contributed by atoms with Crippen LogP contribution in [0.1, 0.15) is 29.6 Å². The Labute approximate surface area is 145 Å². The van der Waals surface area contributed by atoms with Gasteiger partial charge in [0.05, 0.1) is 5.01 Å². The Bertz CT molecular complexity index is 825. The van der Waals surface area contributed by atoms with Crippen molar-refractivity contribution in [1.29, 1.82) is 0 Å². The summed E-state index contributed by atoms with van der Waals surface area (Å²) in [5.74, 6) is 3.18. The number of thiazole rings is 1. The third-order valence-electron chi connectivity index (χ3n) is 4.40. The summed E-state index contributed by atoms with van der Waals surface area (Å²) in [5, 5.41) is 7.65. The first-order valence-electron chi connectivity index (χ1n) is 8.20. The number of aromatic nitrogens is 5. The lowest BCUT2D eigenvalue weighted by Gasteiger charge is -2.32. The highest BCUT2D eigenvalue weighted by Crippen LogP contribution is 2.29. The molecule has 1 aliphatic rings. The molecule has 4 rings (SSSR count). The molecule has 0 aromatic carbocycles. The van der Waals surface area contributed by atoms with Gasteiger partial charge in [0.15, 0.2) is 0 Å². The van der Waals surface area contributed by atoms with Crippen LogP contribution in [0, 0.1) is 6.92 Å². The Kier molecular flexibility index (Phi) is 4.02. The third-order valence-corrected chi connectivity index (χ3v) is 5.18. The van der Waals surface area contributed by atoms with E-state index in [0.717, 1.165) is 54.1 Å². The van der Waals surface area contributed by atoms with Crippen molar-refractivity contribution < 1.29 is 0 Å². The predicted molar refractivity (Wildman–Crippen MR) is 95.3 cm³/mol. The second-order valence-corrected chi connectivity index (χ2v) is 7.20. The fourth-order valence-corrected chi connectivity index (χ4v) is 3.85. The first-order chi connectivity index (χ1) is 11.7. The van der Waals surface area contributed by atoms with E-state index in [1.165, 1.54) is 0 Å². The van der Waals surface area contributed by atoms with Crippen LogP contribution < -0.4 is 4.90 Å². The Morgan fingerprint density at radius 1 is 1.25 bits per heavy atom. The minimum atomic E-state index is 0.367. The van der Waals surface area contributed by atoms with Crippen LogP contribution in [-0.4, -0.2) is 37.8 Å². The fourth-order valence-electron chi connectivity index (χ4n) is 3.26. The Hall–Kier alpha value is -2.28. The van der Waals surface area contributed by atoms with E-state index in [1.807, 2.05) is 42.4 Å². The van der Waals surface area contributed by atoms with Gasteiger partial charge >= 0.3 is 0 Å². The standard InChI is InChI=1S/C17H20N6S/c1-12-19-14(11-24-12)16-20-17(22(2)21-16)13-6-5-9-23(10-13)15-7-3-4-8-18-15/h3-4,7-8,11,13H,5-6,9-10H2,1-2H3. The van der Waals surface area contributed by atoms with Crippen molar-refractivity contribution in [2.45, 2.75) is 25.7 Å². The number of rotatable bonds is 3. The molecule has 0 N–H and O–H groups in total. The molecule has 3 aromatic heterocycles. The Balaban J connectivity index is 1.58. The molecule has 4 heterocycles. The van der Waals surface area contributed by atoms with Crippen LogP contribution in [0.25, 0.3) is 11.5 Å². The van der Waals surface area contributed by atoms with Crippen LogP contribution in [0.5, 0.6) is 0 Å². The summed E-state index contributed by atoms with van der Waals surface area (Å²) in [4.78, 5) is 16.1. The van der Waals surface area contributed by atoms with Crippen molar-refractivity contribution in [3.63, 3.8) is 0 Å². The van der Waals surface area contributed by atoms with Crippen molar-refractivity contribution in [1.82, 2.24) is 24.7 Å². The molecule has 3 aromatic rings. The summed E-state index contributed by atoms with van der Waals surface area (Å²) in [6.07, 6.45) is 4.12. The van der Waals surface area contributed by atoms with Crippen molar-refractivity contribution in [2.24, 2.45) is 7.05 Å². The average Bonchev–Trinajstić information content (AvgIpc) is 3.22. The largest absolute Gasteiger partial charge is 0.356 e. The maximum absolute atomic E-state index is 4.79. The molecule has 1 unspecified atom stereocenters. The Morgan fingerprint density at radius 3 is 2.92 bits per heavy atom. The normalized spacial score (nSPS) is 18.1. The zero-order valence-electron chi connectivity index (χ0n) is 13.9. The van der Waals surface area contributed by atoms with E-state index in [4.69, 9.17) is 4.98 Å². The number of hydrogen-bond donors (Lipinski definition) is 0. The number of anilines is 1. The van der Waals surface area contributed by atoms with E-state index < -0.39 is 0 Å². The van der Waals surface area contributed by atoms with E-state index in [1.54, 1.807) is 11.3 Å². The minimum absolute atomic E-state index is 0.367. The van der Waals surface area contributed by atoms with E-state index in [9.17, 15) is 0 Å². The summed E-state index contributed by atoms with van der Waals surface area (Å²) in [6.45, 7) is 3.98. The van der Waals surface area contributed by atoms with Crippen LogP contribution in [0.3, 0.4) is 0 Å². The monoisotopic (exact) mass is 340 g/mol. The second kappa shape index (κ2) is 6.32. The third kappa shape index (κ3) is 2.91. The van der Waals surface area contributed by atoms with Crippen LogP contribution in [0.4, 0.5) is 5.82 Å². The van der Waals surface area contributed by atoms with Crippen LogP contribution in [0.15, 0.2) is 29.8 Å². The molecule has 1 saturated heterocycles. The molecule has 0 aliphatic carbocycles. The predicted octanol–water partition coefficient (Wildman–Crippen LogP) is 3.03. The summed E-state index contributed by atoms with van der Waals surface area (Å²) in [6, 6.07) is 6.06. The number of hydrogen-bond acceptors (Lipinski definition) is 6. The quantitative estimate of drug-likeness (QED) is 0.733. The SMILES string of the molecule is Cc1nc(-c2nc(C3CCCN(c4ccccn4)C3)n(C)n2)cs1. The van der Waals surface area contributed by atoms with E-state index in [-0.39, 0.29) is 0 Å². The summed E-state index contributed by atoms with van der Waals surface area (Å²) >= 11 is 1.63. The van der Waals surface area contributed by atoms with Gasteiger partial charge in [0.1, 0.15) is 17.3 Å². The summed E-state index contributed by atoms with van der Waals surface area (Å²) < 4.78 is 1.91. The highest BCUT2D eigenvalue weighted by molar-refractivity contribution is 7.09. The Morgan fingerprint density at radius 2 is 2.17 bits per heavy atom. The number of nitrogens with zero attached hydrogens (tertiary/aromatic N) is 6. The van der Waals surface area contributed by atoms with Crippen LogP contribution in [-0.2, 0) is 7.05 Å². The van der Waals surface area contributed by atoms with Gasteiger partial charge in [-0.1, -0.05) is 6.07 Å². The van der Waals surface area contributed by atoms with Gasteiger partial charge in [-0.3, -0.25) is 4.68 Å². The minimum Gasteiger partial charge on any atom is -0.356 e. The average molecular weight is 340 g/mol. The first-order valence-corrected chi connectivity index (χ1v) is 9.08. The molecule has 24 heavy (non-hydrogen) atoms.